The first-order valence-corrected chi connectivity index (χ1v) is 18.3. The lowest BCUT2D eigenvalue weighted by Gasteiger charge is -2.27. The van der Waals surface area contributed by atoms with Gasteiger partial charge in [0.2, 0.25) is 0 Å². The molecule has 0 radical (unpaired) electrons. The summed E-state index contributed by atoms with van der Waals surface area (Å²) in [6, 6.07) is 0.838. The second-order valence-corrected chi connectivity index (χ2v) is 13.0. The topological polar surface area (TPSA) is 3.24 Å². The second kappa shape index (κ2) is 29.0. The van der Waals surface area contributed by atoms with E-state index < -0.39 is 0 Å². The lowest BCUT2D eigenvalue weighted by Crippen LogP contribution is -2.32. The van der Waals surface area contributed by atoms with Gasteiger partial charge in [0.15, 0.2) is 0 Å². The summed E-state index contributed by atoms with van der Waals surface area (Å²) in [6.07, 6.45) is 47.7. The van der Waals surface area contributed by atoms with Gasteiger partial charge in [-0.15, -0.1) is 0 Å². The van der Waals surface area contributed by atoms with E-state index in [0.717, 1.165) is 18.4 Å². The number of hydrogen-bond acceptors (Lipinski definition) is 1. The van der Waals surface area contributed by atoms with Crippen LogP contribution in [0.3, 0.4) is 0 Å². The summed E-state index contributed by atoms with van der Waals surface area (Å²) in [5.41, 5.74) is 0. The Morgan fingerprint density at radius 2 is 1.00 bits per heavy atom. The van der Waals surface area contributed by atoms with Gasteiger partial charge in [-0.05, 0) is 77.2 Å². The first-order valence-electron chi connectivity index (χ1n) is 18.3. The predicted molar refractivity (Wildman–Crippen MR) is 179 cm³/mol. The fourth-order valence-electron chi connectivity index (χ4n) is 6.44. The number of hydrogen-bond donors (Lipinski definition) is 0. The smallest absolute Gasteiger partial charge is 0.00675 e. The molecule has 1 heterocycles. The Morgan fingerprint density at radius 1 is 0.564 bits per heavy atom. The van der Waals surface area contributed by atoms with E-state index in [4.69, 9.17) is 0 Å². The lowest BCUT2D eigenvalue weighted by molar-refractivity contribution is 0.207. The minimum Gasteiger partial charge on any atom is -0.300 e. The quantitative estimate of drug-likeness (QED) is 0.0669. The van der Waals surface area contributed by atoms with Crippen molar-refractivity contribution >= 4 is 0 Å². The summed E-state index contributed by atoms with van der Waals surface area (Å²) < 4.78 is 0. The standard InChI is InChI=1S/C38H73N/c1-4-6-8-10-12-13-14-15-16-17-18-19-20-21-22-23-24-26-28-30-34-38(36-39-35-31-32-37(39)3)33-29-27-25-11-9-7-5-2/h12-13,15-16,37-38H,4-11,14,17-36H2,1-3H3/b13-12-,16-15-. The van der Waals surface area contributed by atoms with Crippen molar-refractivity contribution in [3.63, 3.8) is 0 Å². The van der Waals surface area contributed by atoms with Crippen LogP contribution in [0.1, 0.15) is 194 Å². The van der Waals surface area contributed by atoms with Crippen LogP contribution in [-0.4, -0.2) is 24.0 Å². The first kappa shape index (κ1) is 36.5. The van der Waals surface area contributed by atoms with E-state index >= 15 is 0 Å². The normalized spacial score (nSPS) is 17.3. The van der Waals surface area contributed by atoms with Crippen LogP contribution in [0, 0.1) is 5.92 Å². The Kier molecular flexibility index (Phi) is 27.1. The summed E-state index contributed by atoms with van der Waals surface area (Å²) in [6.45, 7) is 9.81. The summed E-state index contributed by atoms with van der Waals surface area (Å²) in [5, 5.41) is 0. The molecular weight excluding hydrogens is 470 g/mol. The molecule has 1 heteroatoms. The third kappa shape index (κ3) is 23.8. The van der Waals surface area contributed by atoms with Gasteiger partial charge in [-0.2, -0.15) is 0 Å². The van der Waals surface area contributed by atoms with Crippen molar-refractivity contribution in [3.05, 3.63) is 24.3 Å². The monoisotopic (exact) mass is 544 g/mol. The summed E-state index contributed by atoms with van der Waals surface area (Å²) >= 11 is 0. The van der Waals surface area contributed by atoms with Gasteiger partial charge in [-0.3, -0.25) is 0 Å². The van der Waals surface area contributed by atoms with E-state index in [1.165, 1.54) is 180 Å². The molecule has 1 saturated heterocycles. The maximum atomic E-state index is 2.82. The third-order valence-corrected chi connectivity index (χ3v) is 9.21. The lowest BCUT2D eigenvalue weighted by atomic mass is 9.93. The van der Waals surface area contributed by atoms with Crippen LogP contribution in [0.5, 0.6) is 0 Å². The second-order valence-electron chi connectivity index (χ2n) is 13.0. The fourth-order valence-corrected chi connectivity index (χ4v) is 6.44. The molecule has 0 aromatic heterocycles. The number of unbranched alkanes of at least 4 members (excludes halogenated alkanes) is 19. The molecule has 0 amide bonds. The van der Waals surface area contributed by atoms with Gasteiger partial charge in [-0.25, -0.2) is 0 Å². The molecule has 1 aliphatic heterocycles. The van der Waals surface area contributed by atoms with Gasteiger partial charge in [-0.1, -0.05) is 154 Å². The van der Waals surface area contributed by atoms with Gasteiger partial charge in [0.25, 0.3) is 0 Å². The molecule has 39 heavy (non-hydrogen) atoms. The highest BCUT2D eigenvalue weighted by Crippen LogP contribution is 2.25. The van der Waals surface area contributed by atoms with Crippen molar-refractivity contribution in [1.29, 1.82) is 0 Å². The van der Waals surface area contributed by atoms with Gasteiger partial charge in [0, 0.05) is 12.6 Å². The van der Waals surface area contributed by atoms with Crippen LogP contribution < -0.4 is 0 Å². The van der Waals surface area contributed by atoms with Crippen LogP contribution in [-0.2, 0) is 0 Å². The Morgan fingerprint density at radius 3 is 1.49 bits per heavy atom. The van der Waals surface area contributed by atoms with Crippen LogP contribution >= 0.6 is 0 Å². The Labute approximate surface area is 248 Å². The van der Waals surface area contributed by atoms with E-state index in [0.29, 0.717) is 0 Å². The first-order chi connectivity index (χ1) is 19.3. The minimum atomic E-state index is 0.838. The SMILES string of the molecule is CCCCC/C=C\C/C=C\CCCCCCCCCCCCC(CCCCCCCCC)CN1CCCC1C. The molecule has 2 atom stereocenters. The van der Waals surface area contributed by atoms with E-state index in [2.05, 4.69) is 50.0 Å². The molecule has 0 bridgehead atoms. The van der Waals surface area contributed by atoms with Crippen molar-refractivity contribution < 1.29 is 0 Å². The van der Waals surface area contributed by atoms with Gasteiger partial charge in [0.1, 0.15) is 0 Å². The van der Waals surface area contributed by atoms with E-state index in [9.17, 15) is 0 Å². The van der Waals surface area contributed by atoms with Crippen molar-refractivity contribution in [2.45, 2.75) is 200 Å². The average Bonchev–Trinajstić information content (AvgIpc) is 3.35. The summed E-state index contributed by atoms with van der Waals surface area (Å²) in [7, 11) is 0. The molecule has 0 aromatic rings. The number of nitrogens with zero attached hydrogens (tertiary/aromatic N) is 1. The number of likely N-dealkylation sites (tertiary alicyclic amines) is 1. The van der Waals surface area contributed by atoms with E-state index in [-0.39, 0.29) is 0 Å². The van der Waals surface area contributed by atoms with Gasteiger partial charge >= 0.3 is 0 Å². The molecule has 1 fully saturated rings. The molecule has 0 aromatic carbocycles. The molecule has 0 spiro atoms. The zero-order valence-corrected chi connectivity index (χ0v) is 27.4. The van der Waals surface area contributed by atoms with Crippen molar-refractivity contribution in [2.24, 2.45) is 5.92 Å². The molecular formula is C38H73N. The Balaban J connectivity index is 1.96. The third-order valence-electron chi connectivity index (χ3n) is 9.21. The summed E-state index contributed by atoms with van der Waals surface area (Å²) in [4.78, 5) is 2.82. The fraction of sp³-hybridized carbons (Fsp3) is 0.895. The molecule has 1 rings (SSSR count). The van der Waals surface area contributed by atoms with Crippen molar-refractivity contribution in [1.82, 2.24) is 4.90 Å². The van der Waals surface area contributed by atoms with Crippen LogP contribution in [0.25, 0.3) is 0 Å². The maximum Gasteiger partial charge on any atom is 0.00675 e. The van der Waals surface area contributed by atoms with E-state index in [1.807, 2.05) is 0 Å². The highest BCUT2D eigenvalue weighted by atomic mass is 15.2. The minimum absolute atomic E-state index is 0.838. The molecule has 0 aliphatic carbocycles. The highest BCUT2D eigenvalue weighted by Gasteiger charge is 2.23. The van der Waals surface area contributed by atoms with Crippen LogP contribution in [0.15, 0.2) is 24.3 Å². The van der Waals surface area contributed by atoms with Crippen LogP contribution in [0.2, 0.25) is 0 Å². The Hall–Kier alpha value is -0.560. The summed E-state index contributed by atoms with van der Waals surface area (Å²) in [5.74, 6) is 0.961. The molecule has 0 N–H and O–H groups in total. The average molecular weight is 544 g/mol. The molecule has 2 unspecified atom stereocenters. The maximum absolute atomic E-state index is 2.82. The van der Waals surface area contributed by atoms with Crippen LogP contribution in [0.4, 0.5) is 0 Å². The predicted octanol–water partition coefficient (Wildman–Crippen LogP) is 13.0. The number of allylic oxidation sites excluding steroid dienone is 4. The highest BCUT2D eigenvalue weighted by molar-refractivity contribution is 4.92. The van der Waals surface area contributed by atoms with Gasteiger partial charge in [0.05, 0.1) is 0 Å². The number of rotatable bonds is 29. The van der Waals surface area contributed by atoms with E-state index in [1.54, 1.807) is 0 Å². The zero-order valence-electron chi connectivity index (χ0n) is 27.4. The largest absolute Gasteiger partial charge is 0.300 e. The molecule has 0 saturated carbocycles. The van der Waals surface area contributed by atoms with Crippen molar-refractivity contribution in [3.8, 4) is 0 Å². The van der Waals surface area contributed by atoms with Crippen molar-refractivity contribution in [2.75, 3.05) is 13.1 Å². The molecule has 230 valence electrons. The molecule has 1 aliphatic rings. The molecule has 1 nitrogen and oxygen atoms in total. The Bertz CT molecular complexity index is 535. The zero-order chi connectivity index (χ0) is 28.1. The van der Waals surface area contributed by atoms with Gasteiger partial charge < -0.3 is 4.90 Å².